The Balaban J connectivity index is 1.46. The number of nitrogens with one attached hydrogen (secondary N) is 1. The monoisotopic (exact) mass is 338 g/mol. The second-order valence-corrected chi connectivity index (χ2v) is 6.39. The lowest BCUT2D eigenvalue weighted by atomic mass is 10.0. The summed E-state index contributed by atoms with van der Waals surface area (Å²) in [7, 11) is 3.35. The van der Waals surface area contributed by atoms with Gasteiger partial charge >= 0.3 is 0 Å². The van der Waals surface area contributed by atoms with Gasteiger partial charge in [0, 0.05) is 49.8 Å². The Hall–Kier alpha value is -3.16. The predicted molar refractivity (Wildman–Crippen MR) is 91.3 cm³/mol. The van der Waals surface area contributed by atoms with Crippen molar-refractivity contribution in [1.29, 1.82) is 0 Å². The Morgan fingerprint density at radius 3 is 2.80 bits per heavy atom. The van der Waals surface area contributed by atoms with Gasteiger partial charge < -0.3 is 14.8 Å². The van der Waals surface area contributed by atoms with Gasteiger partial charge in [-0.15, -0.1) is 5.10 Å². The molecule has 1 aromatic carbocycles. The zero-order valence-electron chi connectivity index (χ0n) is 14.0. The molecule has 0 bridgehead atoms. The molecule has 1 fully saturated rings. The van der Waals surface area contributed by atoms with Crippen LogP contribution in [0.2, 0.25) is 0 Å². The van der Waals surface area contributed by atoms with Crippen molar-refractivity contribution in [2.75, 3.05) is 27.2 Å². The smallest absolute Gasteiger partial charge is 0.275 e. The minimum absolute atomic E-state index is 0.00570. The molecule has 0 saturated carbocycles. The van der Waals surface area contributed by atoms with Crippen LogP contribution >= 0.6 is 0 Å². The lowest BCUT2D eigenvalue weighted by Crippen LogP contribution is -2.50. The Labute approximate surface area is 144 Å². The zero-order chi connectivity index (χ0) is 17.6. The average molecular weight is 338 g/mol. The molecule has 25 heavy (non-hydrogen) atoms. The van der Waals surface area contributed by atoms with Crippen LogP contribution in [-0.4, -0.2) is 68.8 Å². The van der Waals surface area contributed by atoms with Gasteiger partial charge in [0.2, 0.25) is 0 Å². The van der Waals surface area contributed by atoms with Gasteiger partial charge in [-0.3, -0.25) is 9.59 Å². The number of carbonyl (C=O) groups excluding carboxylic acids is 2. The zero-order valence-corrected chi connectivity index (χ0v) is 14.0. The molecule has 0 unspecified atom stereocenters. The molecule has 0 aliphatic carbocycles. The van der Waals surface area contributed by atoms with Crippen molar-refractivity contribution in [1.82, 2.24) is 29.8 Å². The third-order valence-corrected chi connectivity index (χ3v) is 4.48. The van der Waals surface area contributed by atoms with E-state index in [0.717, 1.165) is 10.9 Å². The second-order valence-electron chi connectivity index (χ2n) is 6.39. The Morgan fingerprint density at radius 1 is 1.24 bits per heavy atom. The van der Waals surface area contributed by atoms with Gasteiger partial charge in [-0.1, -0.05) is 11.3 Å². The van der Waals surface area contributed by atoms with Crippen LogP contribution in [0.4, 0.5) is 0 Å². The highest BCUT2D eigenvalue weighted by Crippen LogP contribution is 2.25. The van der Waals surface area contributed by atoms with E-state index in [1.165, 1.54) is 4.90 Å². The minimum atomic E-state index is -0.183. The lowest BCUT2D eigenvalue weighted by Gasteiger charge is -2.39. The van der Waals surface area contributed by atoms with Crippen molar-refractivity contribution in [2.24, 2.45) is 0 Å². The highest BCUT2D eigenvalue weighted by Gasteiger charge is 2.34. The van der Waals surface area contributed by atoms with Gasteiger partial charge in [0.05, 0.1) is 12.2 Å². The van der Waals surface area contributed by atoms with Crippen molar-refractivity contribution in [2.45, 2.75) is 6.04 Å². The molecule has 0 radical (unpaired) electrons. The van der Waals surface area contributed by atoms with Crippen LogP contribution in [0.5, 0.6) is 0 Å². The van der Waals surface area contributed by atoms with Crippen LogP contribution in [0.3, 0.4) is 0 Å². The Morgan fingerprint density at radius 2 is 2.04 bits per heavy atom. The number of H-pyrrole nitrogens is 1. The van der Waals surface area contributed by atoms with E-state index in [2.05, 4.69) is 15.3 Å². The normalized spacial score (nSPS) is 14.6. The van der Waals surface area contributed by atoms with E-state index in [0.29, 0.717) is 24.3 Å². The van der Waals surface area contributed by atoms with Gasteiger partial charge in [-0.2, -0.15) is 0 Å². The molecular formula is C17H18N6O2. The number of hydrogen-bond acceptors (Lipinski definition) is 4. The highest BCUT2D eigenvalue weighted by molar-refractivity contribution is 6.06. The molecule has 0 spiro atoms. The lowest BCUT2D eigenvalue weighted by molar-refractivity contribution is 0.0500. The SMILES string of the molecule is CN(C)C(=O)c1cn(C2CN(C(=O)c3cccc4[nH]ccc34)C2)nn1. The summed E-state index contributed by atoms with van der Waals surface area (Å²) in [6.07, 6.45) is 3.47. The quantitative estimate of drug-likeness (QED) is 0.776. The van der Waals surface area contributed by atoms with Gasteiger partial charge in [0.25, 0.3) is 11.8 Å². The van der Waals surface area contributed by atoms with E-state index in [1.54, 1.807) is 29.9 Å². The second kappa shape index (κ2) is 5.73. The van der Waals surface area contributed by atoms with Crippen LogP contribution < -0.4 is 0 Å². The van der Waals surface area contributed by atoms with Gasteiger partial charge in [0.1, 0.15) is 0 Å². The Kier molecular flexibility index (Phi) is 3.52. The standard InChI is InChI=1S/C17H18N6O2/c1-21(2)17(25)15-10-23(20-19-15)11-8-22(9-11)16(24)13-4-3-5-14-12(13)6-7-18-14/h3-7,10-11,18H,8-9H2,1-2H3. The number of fused-ring (bicyclic) bond motifs is 1. The summed E-state index contributed by atoms with van der Waals surface area (Å²) in [6.45, 7) is 1.11. The molecule has 8 nitrogen and oxygen atoms in total. The first-order valence-corrected chi connectivity index (χ1v) is 8.03. The van der Waals surface area contributed by atoms with Crippen molar-refractivity contribution in [3.05, 3.63) is 47.9 Å². The number of benzene rings is 1. The maximum atomic E-state index is 12.7. The number of carbonyl (C=O) groups is 2. The maximum absolute atomic E-state index is 12.7. The third-order valence-electron chi connectivity index (χ3n) is 4.48. The molecule has 2 aromatic heterocycles. The molecule has 3 aromatic rings. The number of nitrogens with zero attached hydrogens (tertiary/aromatic N) is 5. The first kappa shape index (κ1) is 15.4. The number of aromatic amines is 1. The highest BCUT2D eigenvalue weighted by atomic mass is 16.2. The van der Waals surface area contributed by atoms with E-state index in [4.69, 9.17) is 0 Å². The molecule has 2 amide bonds. The molecule has 1 aliphatic rings. The number of hydrogen-bond donors (Lipinski definition) is 1. The number of likely N-dealkylation sites (tertiary alicyclic amines) is 1. The summed E-state index contributed by atoms with van der Waals surface area (Å²) < 4.78 is 1.66. The molecule has 128 valence electrons. The predicted octanol–water partition coefficient (Wildman–Crippen LogP) is 1.16. The summed E-state index contributed by atoms with van der Waals surface area (Å²) >= 11 is 0. The molecule has 8 heteroatoms. The van der Waals surface area contributed by atoms with Crippen molar-refractivity contribution in [3.8, 4) is 0 Å². The van der Waals surface area contributed by atoms with Gasteiger partial charge in [-0.25, -0.2) is 4.68 Å². The van der Waals surface area contributed by atoms with E-state index >= 15 is 0 Å². The van der Waals surface area contributed by atoms with E-state index < -0.39 is 0 Å². The van der Waals surface area contributed by atoms with E-state index in [1.807, 2.05) is 30.5 Å². The summed E-state index contributed by atoms with van der Waals surface area (Å²) in [4.78, 5) is 31.0. The molecule has 1 N–H and O–H groups in total. The largest absolute Gasteiger partial charge is 0.361 e. The molecule has 3 heterocycles. The van der Waals surface area contributed by atoms with Crippen molar-refractivity contribution in [3.63, 3.8) is 0 Å². The van der Waals surface area contributed by atoms with Crippen LogP contribution in [0.1, 0.15) is 26.9 Å². The number of aromatic nitrogens is 4. The first-order valence-electron chi connectivity index (χ1n) is 8.03. The fraction of sp³-hybridized carbons (Fsp3) is 0.294. The summed E-state index contributed by atoms with van der Waals surface area (Å²) in [5.74, 6) is -0.177. The van der Waals surface area contributed by atoms with Crippen molar-refractivity contribution < 1.29 is 9.59 Å². The maximum Gasteiger partial charge on any atom is 0.275 e. The number of rotatable bonds is 3. The minimum Gasteiger partial charge on any atom is -0.361 e. The first-order chi connectivity index (χ1) is 12.0. The topological polar surface area (TPSA) is 87.1 Å². The summed E-state index contributed by atoms with van der Waals surface area (Å²) in [6, 6.07) is 7.63. The summed E-state index contributed by atoms with van der Waals surface area (Å²) in [5, 5.41) is 8.87. The van der Waals surface area contributed by atoms with Crippen LogP contribution in [-0.2, 0) is 0 Å². The van der Waals surface area contributed by atoms with Crippen LogP contribution in [0.15, 0.2) is 36.7 Å². The van der Waals surface area contributed by atoms with Crippen LogP contribution in [0, 0.1) is 0 Å². The van der Waals surface area contributed by atoms with Gasteiger partial charge in [-0.05, 0) is 18.2 Å². The molecule has 0 atom stereocenters. The van der Waals surface area contributed by atoms with Gasteiger partial charge in [0.15, 0.2) is 5.69 Å². The molecule has 1 saturated heterocycles. The van der Waals surface area contributed by atoms with Crippen LogP contribution in [0.25, 0.3) is 10.9 Å². The van der Waals surface area contributed by atoms with E-state index in [9.17, 15) is 9.59 Å². The fourth-order valence-electron chi connectivity index (χ4n) is 3.01. The van der Waals surface area contributed by atoms with Crippen molar-refractivity contribution >= 4 is 22.7 Å². The average Bonchev–Trinajstić information content (AvgIpc) is 3.21. The molecule has 4 rings (SSSR count). The third kappa shape index (κ3) is 2.55. The fourth-order valence-corrected chi connectivity index (χ4v) is 3.01. The molecule has 1 aliphatic heterocycles. The Bertz CT molecular complexity index is 951. The van der Waals surface area contributed by atoms with E-state index in [-0.39, 0.29) is 17.9 Å². The molecular weight excluding hydrogens is 320 g/mol. The summed E-state index contributed by atoms with van der Waals surface area (Å²) in [5.41, 5.74) is 1.96. The number of amides is 2.